The van der Waals surface area contributed by atoms with Crippen LogP contribution in [0.2, 0.25) is 0 Å². The second-order valence-corrected chi connectivity index (χ2v) is 7.06. The van der Waals surface area contributed by atoms with Gasteiger partial charge in [-0.25, -0.2) is 4.79 Å². The van der Waals surface area contributed by atoms with Gasteiger partial charge in [-0.3, -0.25) is 4.79 Å². The smallest absolute Gasteiger partial charge is 0.355 e. The van der Waals surface area contributed by atoms with E-state index in [0.717, 1.165) is 5.56 Å². The predicted octanol–water partition coefficient (Wildman–Crippen LogP) is 2.32. The minimum atomic E-state index is -0.880. The number of benzene rings is 2. The van der Waals surface area contributed by atoms with Gasteiger partial charge in [-0.05, 0) is 35.5 Å². The van der Waals surface area contributed by atoms with E-state index >= 15 is 0 Å². The van der Waals surface area contributed by atoms with Crippen LogP contribution < -0.4 is 14.8 Å². The number of tetrazole rings is 1. The van der Waals surface area contributed by atoms with E-state index < -0.39 is 12.0 Å². The first kappa shape index (κ1) is 21.0. The van der Waals surface area contributed by atoms with Gasteiger partial charge in [0.05, 0.1) is 26.9 Å². The largest absolute Gasteiger partial charge is 0.497 e. The number of fused-ring (bicyclic) bond motifs is 1. The first-order valence-electron chi connectivity index (χ1n) is 9.69. The van der Waals surface area contributed by atoms with Crippen molar-refractivity contribution in [3.05, 3.63) is 70.4 Å². The van der Waals surface area contributed by atoms with Crippen molar-refractivity contribution in [3.8, 4) is 11.5 Å². The van der Waals surface area contributed by atoms with Gasteiger partial charge >= 0.3 is 5.97 Å². The number of rotatable bonds is 6. The normalized spacial score (nSPS) is 14.9. The zero-order valence-electron chi connectivity index (χ0n) is 17.9. The maximum atomic E-state index is 13.8. The number of methoxy groups -OCH3 is 3. The number of esters is 1. The van der Waals surface area contributed by atoms with E-state index in [-0.39, 0.29) is 23.0 Å². The SMILES string of the molecule is COC(=O)C1=C(C(=O)c2ccc(C)cc2)[C@H](c2cc(OC)ccc2OC)n2nnnc2N1. The monoisotopic (exact) mass is 435 g/mol. The molecular weight excluding hydrogens is 414 g/mol. The lowest BCUT2D eigenvalue weighted by atomic mass is 9.88. The Bertz CT molecular complexity index is 1220. The average Bonchev–Trinajstić information content (AvgIpc) is 3.30. The van der Waals surface area contributed by atoms with Crippen molar-refractivity contribution in [1.29, 1.82) is 0 Å². The third-order valence-corrected chi connectivity index (χ3v) is 5.20. The van der Waals surface area contributed by atoms with Gasteiger partial charge in [0.2, 0.25) is 5.95 Å². The quantitative estimate of drug-likeness (QED) is 0.460. The molecule has 0 aliphatic carbocycles. The van der Waals surface area contributed by atoms with Gasteiger partial charge in [-0.1, -0.05) is 34.9 Å². The molecule has 1 atom stereocenters. The van der Waals surface area contributed by atoms with Crippen LogP contribution in [0.4, 0.5) is 5.95 Å². The van der Waals surface area contributed by atoms with Crippen LogP contribution in [0.1, 0.15) is 27.5 Å². The molecule has 0 bridgehead atoms. The van der Waals surface area contributed by atoms with Crippen molar-refractivity contribution in [2.75, 3.05) is 26.6 Å². The summed E-state index contributed by atoms with van der Waals surface area (Å²) in [6.45, 7) is 1.92. The molecule has 0 radical (unpaired) electrons. The highest BCUT2D eigenvalue weighted by molar-refractivity contribution is 6.15. The molecule has 0 saturated carbocycles. The Hall–Kier alpha value is -4.21. The Morgan fingerprint density at radius 3 is 2.44 bits per heavy atom. The molecule has 0 saturated heterocycles. The Labute approximate surface area is 183 Å². The zero-order chi connectivity index (χ0) is 22.8. The molecule has 1 aliphatic heterocycles. The summed E-state index contributed by atoms with van der Waals surface area (Å²) in [5.74, 6) is 0.0875. The predicted molar refractivity (Wildman–Crippen MR) is 114 cm³/mol. The molecule has 10 heteroatoms. The van der Waals surface area contributed by atoms with Gasteiger partial charge in [-0.15, -0.1) is 0 Å². The Balaban J connectivity index is 2.00. The summed E-state index contributed by atoms with van der Waals surface area (Å²) in [7, 11) is 4.29. The topological polar surface area (TPSA) is 117 Å². The van der Waals surface area contributed by atoms with E-state index in [1.807, 2.05) is 19.1 Å². The maximum absolute atomic E-state index is 13.8. The van der Waals surface area contributed by atoms with E-state index in [2.05, 4.69) is 20.8 Å². The summed E-state index contributed by atoms with van der Waals surface area (Å²) in [4.78, 5) is 26.5. The van der Waals surface area contributed by atoms with Crippen molar-refractivity contribution >= 4 is 17.7 Å². The molecule has 1 N–H and O–H groups in total. The van der Waals surface area contributed by atoms with Gasteiger partial charge in [0.25, 0.3) is 0 Å². The van der Waals surface area contributed by atoms with Crippen LogP contribution in [0.5, 0.6) is 11.5 Å². The summed E-state index contributed by atoms with van der Waals surface area (Å²) in [5.41, 5.74) is 2.01. The highest BCUT2D eigenvalue weighted by Crippen LogP contribution is 2.41. The molecular formula is C22H21N5O5. The first-order valence-corrected chi connectivity index (χ1v) is 9.69. The molecule has 2 heterocycles. The number of hydrogen-bond donors (Lipinski definition) is 1. The number of carbonyl (C=O) groups excluding carboxylic acids is 2. The number of ketones is 1. The number of aromatic nitrogens is 4. The number of nitrogens with zero attached hydrogens (tertiary/aromatic N) is 4. The molecule has 0 unspecified atom stereocenters. The number of nitrogens with one attached hydrogen (secondary N) is 1. The number of allylic oxidation sites excluding steroid dienone is 1. The molecule has 4 rings (SSSR count). The van der Waals surface area contributed by atoms with Crippen LogP contribution in [0.25, 0.3) is 0 Å². The summed E-state index contributed by atoms with van der Waals surface area (Å²) < 4.78 is 17.3. The minimum Gasteiger partial charge on any atom is -0.497 e. The highest BCUT2D eigenvalue weighted by atomic mass is 16.5. The van der Waals surface area contributed by atoms with Crippen LogP contribution in [-0.2, 0) is 9.53 Å². The fourth-order valence-electron chi connectivity index (χ4n) is 3.59. The Morgan fingerprint density at radius 2 is 1.78 bits per heavy atom. The number of aryl methyl sites for hydroxylation is 1. The van der Waals surface area contributed by atoms with Crippen molar-refractivity contribution in [3.63, 3.8) is 0 Å². The highest BCUT2D eigenvalue weighted by Gasteiger charge is 2.40. The summed E-state index contributed by atoms with van der Waals surface area (Å²) in [6.07, 6.45) is 0. The molecule has 2 aromatic carbocycles. The fourth-order valence-corrected chi connectivity index (χ4v) is 3.59. The average molecular weight is 435 g/mol. The number of carbonyl (C=O) groups is 2. The molecule has 1 aromatic heterocycles. The van der Waals surface area contributed by atoms with E-state index in [1.165, 1.54) is 26.0 Å². The van der Waals surface area contributed by atoms with E-state index in [4.69, 9.17) is 14.2 Å². The van der Waals surface area contributed by atoms with Crippen LogP contribution in [0.15, 0.2) is 53.7 Å². The molecule has 10 nitrogen and oxygen atoms in total. The van der Waals surface area contributed by atoms with E-state index in [9.17, 15) is 9.59 Å². The molecule has 164 valence electrons. The maximum Gasteiger partial charge on any atom is 0.355 e. The van der Waals surface area contributed by atoms with Crippen molar-refractivity contribution in [2.24, 2.45) is 0 Å². The van der Waals surface area contributed by atoms with Gasteiger partial charge in [0, 0.05) is 11.1 Å². The first-order chi connectivity index (χ1) is 15.5. The van der Waals surface area contributed by atoms with Crippen molar-refractivity contribution in [2.45, 2.75) is 13.0 Å². The van der Waals surface area contributed by atoms with Crippen LogP contribution in [-0.4, -0.2) is 53.3 Å². The summed E-state index contributed by atoms with van der Waals surface area (Å²) in [5, 5.41) is 14.6. The number of anilines is 1. The number of hydrogen-bond acceptors (Lipinski definition) is 9. The van der Waals surface area contributed by atoms with Gasteiger partial charge in [-0.2, -0.15) is 4.68 Å². The lowest BCUT2D eigenvalue weighted by Gasteiger charge is -2.29. The lowest BCUT2D eigenvalue weighted by Crippen LogP contribution is -2.33. The van der Waals surface area contributed by atoms with Gasteiger partial charge in [0.1, 0.15) is 23.2 Å². The fraction of sp³-hybridized carbons (Fsp3) is 0.227. The van der Waals surface area contributed by atoms with E-state index in [0.29, 0.717) is 22.6 Å². The summed E-state index contributed by atoms with van der Waals surface area (Å²) >= 11 is 0. The molecule has 0 spiro atoms. The van der Waals surface area contributed by atoms with Gasteiger partial charge < -0.3 is 19.5 Å². The standard InChI is InChI=1S/C22H21N5O5/c1-12-5-7-13(8-6-12)20(28)17-18(21(29)32-4)23-22-24-25-26-27(22)19(17)15-11-14(30-2)9-10-16(15)31-3/h5-11,19H,1-4H3,(H,23,24,26)/t19-/m0/s1. The number of ether oxygens (including phenoxy) is 3. The van der Waals surface area contributed by atoms with Crippen molar-refractivity contribution in [1.82, 2.24) is 20.2 Å². The second kappa shape index (κ2) is 8.50. The van der Waals surface area contributed by atoms with Gasteiger partial charge in [0.15, 0.2) is 5.78 Å². The zero-order valence-corrected chi connectivity index (χ0v) is 17.9. The van der Waals surface area contributed by atoms with Crippen LogP contribution >= 0.6 is 0 Å². The van der Waals surface area contributed by atoms with Crippen LogP contribution in [0.3, 0.4) is 0 Å². The Kier molecular flexibility index (Phi) is 5.59. The molecule has 32 heavy (non-hydrogen) atoms. The third kappa shape index (κ3) is 3.55. The molecule has 3 aromatic rings. The Morgan fingerprint density at radius 1 is 1.03 bits per heavy atom. The number of Topliss-reactive ketones (excluding diaryl/α,β-unsaturated/α-hetero) is 1. The molecule has 0 fully saturated rings. The van der Waals surface area contributed by atoms with Crippen LogP contribution in [0, 0.1) is 6.92 Å². The molecule has 1 aliphatic rings. The molecule has 0 amide bonds. The van der Waals surface area contributed by atoms with E-state index in [1.54, 1.807) is 30.3 Å². The lowest BCUT2D eigenvalue weighted by molar-refractivity contribution is -0.136. The third-order valence-electron chi connectivity index (χ3n) is 5.20. The van der Waals surface area contributed by atoms with Crippen molar-refractivity contribution < 1.29 is 23.8 Å². The summed E-state index contributed by atoms with van der Waals surface area (Å²) in [6, 6.07) is 11.3. The minimum absolute atomic E-state index is 0.0461. The second-order valence-electron chi connectivity index (χ2n) is 7.06.